The fraction of sp³-hybridized carbons (Fsp3) is 0.261. The normalized spacial score (nSPS) is 13.6. The van der Waals surface area contributed by atoms with Gasteiger partial charge in [0.25, 0.3) is 0 Å². The number of rotatable bonds is 4. The lowest BCUT2D eigenvalue weighted by molar-refractivity contribution is -0.113. The molecule has 5 rings (SSSR count). The molecule has 0 bridgehead atoms. The smallest absolute Gasteiger partial charge is 0.234 e. The van der Waals surface area contributed by atoms with Gasteiger partial charge in [-0.2, -0.15) is 0 Å². The maximum atomic E-state index is 12.6. The van der Waals surface area contributed by atoms with Crippen LogP contribution in [0.25, 0.3) is 21.0 Å². The van der Waals surface area contributed by atoms with E-state index in [9.17, 15) is 4.79 Å². The molecule has 1 N–H and O–H groups in total. The molecular formula is C23H21N3OS2. The van der Waals surface area contributed by atoms with E-state index in [1.165, 1.54) is 45.8 Å². The van der Waals surface area contributed by atoms with E-state index in [4.69, 9.17) is 0 Å². The van der Waals surface area contributed by atoms with Gasteiger partial charge in [0.15, 0.2) is 0 Å². The van der Waals surface area contributed by atoms with Gasteiger partial charge in [0.1, 0.15) is 15.7 Å². The van der Waals surface area contributed by atoms with Crippen molar-refractivity contribution in [3.8, 4) is 0 Å². The fourth-order valence-electron chi connectivity index (χ4n) is 3.93. The number of nitrogens with one attached hydrogen (secondary N) is 1. The zero-order valence-electron chi connectivity index (χ0n) is 16.2. The van der Waals surface area contributed by atoms with Crippen LogP contribution in [0.2, 0.25) is 0 Å². The topological polar surface area (TPSA) is 54.9 Å². The minimum absolute atomic E-state index is 0.0150. The van der Waals surface area contributed by atoms with E-state index in [-0.39, 0.29) is 5.91 Å². The monoisotopic (exact) mass is 419 g/mol. The number of hydrogen-bond donors (Lipinski definition) is 1. The molecule has 1 aliphatic rings. The lowest BCUT2D eigenvalue weighted by Crippen LogP contribution is -2.14. The molecule has 0 aliphatic heterocycles. The zero-order chi connectivity index (χ0) is 19.8. The van der Waals surface area contributed by atoms with Crippen molar-refractivity contribution in [1.29, 1.82) is 0 Å². The summed E-state index contributed by atoms with van der Waals surface area (Å²) in [5.74, 6) is 1.09. The third-order valence-electron chi connectivity index (χ3n) is 5.27. The van der Waals surface area contributed by atoms with Gasteiger partial charge in [-0.25, -0.2) is 9.97 Å². The number of thioether (sulfide) groups is 1. The van der Waals surface area contributed by atoms with Crippen molar-refractivity contribution >= 4 is 55.7 Å². The molecule has 4 aromatic rings. The first-order valence-electron chi connectivity index (χ1n) is 9.88. The number of anilines is 1. The minimum Gasteiger partial charge on any atom is -0.325 e. The first-order valence-corrected chi connectivity index (χ1v) is 11.7. The predicted molar refractivity (Wildman–Crippen MR) is 122 cm³/mol. The number of benzene rings is 2. The van der Waals surface area contributed by atoms with E-state index in [2.05, 4.69) is 27.4 Å². The van der Waals surface area contributed by atoms with Crippen LogP contribution in [0.15, 0.2) is 47.5 Å². The highest BCUT2D eigenvalue weighted by molar-refractivity contribution is 8.00. The largest absolute Gasteiger partial charge is 0.325 e. The van der Waals surface area contributed by atoms with E-state index in [0.717, 1.165) is 39.6 Å². The van der Waals surface area contributed by atoms with Crippen LogP contribution in [-0.2, 0) is 17.6 Å². The molecule has 6 heteroatoms. The first-order chi connectivity index (χ1) is 14.2. The summed E-state index contributed by atoms with van der Waals surface area (Å²) in [6, 6.07) is 14.2. The van der Waals surface area contributed by atoms with Crippen LogP contribution in [0.3, 0.4) is 0 Å². The van der Waals surface area contributed by atoms with E-state index in [0.29, 0.717) is 5.75 Å². The maximum absolute atomic E-state index is 12.6. The number of amides is 1. The van der Waals surface area contributed by atoms with Crippen LogP contribution < -0.4 is 5.32 Å². The van der Waals surface area contributed by atoms with Crippen molar-refractivity contribution in [3.05, 3.63) is 58.7 Å². The van der Waals surface area contributed by atoms with Gasteiger partial charge in [-0.1, -0.05) is 42.1 Å². The molecule has 2 heterocycles. The van der Waals surface area contributed by atoms with Gasteiger partial charge < -0.3 is 5.32 Å². The molecule has 0 radical (unpaired) electrons. The Morgan fingerprint density at radius 1 is 1.10 bits per heavy atom. The number of aryl methyl sites for hydroxylation is 3. The Morgan fingerprint density at radius 2 is 1.93 bits per heavy atom. The highest BCUT2D eigenvalue weighted by Crippen LogP contribution is 2.39. The molecule has 1 aliphatic carbocycles. The molecule has 0 fully saturated rings. The molecule has 29 heavy (non-hydrogen) atoms. The van der Waals surface area contributed by atoms with Crippen molar-refractivity contribution in [3.63, 3.8) is 0 Å². The average molecular weight is 420 g/mol. The van der Waals surface area contributed by atoms with Crippen molar-refractivity contribution in [2.24, 2.45) is 0 Å². The molecule has 4 nitrogen and oxygen atoms in total. The van der Waals surface area contributed by atoms with E-state index < -0.39 is 0 Å². The van der Waals surface area contributed by atoms with Crippen LogP contribution in [0.1, 0.15) is 29.1 Å². The number of carbonyl (C=O) groups is 1. The Hall–Kier alpha value is -2.44. The zero-order valence-corrected chi connectivity index (χ0v) is 17.8. The van der Waals surface area contributed by atoms with Crippen LogP contribution in [0.5, 0.6) is 0 Å². The summed E-state index contributed by atoms with van der Waals surface area (Å²) in [7, 11) is 0. The molecule has 2 aromatic heterocycles. The second kappa shape index (κ2) is 7.76. The first kappa shape index (κ1) is 18.6. The van der Waals surface area contributed by atoms with Gasteiger partial charge in [0.05, 0.1) is 5.75 Å². The number of fused-ring (bicyclic) bond motifs is 4. The van der Waals surface area contributed by atoms with Gasteiger partial charge in [-0.3, -0.25) is 4.79 Å². The van der Waals surface area contributed by atoms with Gasteiger partial charge in [0.2, 0.25) is 5.91 Å². The van der Waals surface area contributed by atoms with Crippen LogP contribution >= 0.6 is 23.1 Å². The number of carbonyl (C=O) groups excluding carboxylic acids is 1. The van der Waals surface area contributed by atoms with E-state index in [1.54, 1.807) is 11.3 Å². The maximum Gasteiger partial charge on any atom is 0.234 e. The van der Waals surface area contributed by atoms with Crippen molar-refractivity contribution in [2.45, 2.75) is 37.6 Å². The molecule has 0 unspecified atom stereocenters. The van der Waals surface area contributed by atoms with Crippen molar-refractivity contribution < 1.29 is 4.79 Å². The molecule has 146 valence electrons. The molecule has 0 saturated carbocycles. The Labute approximate surface area is 177 Å². The average Bonchev–Trinajstić information content (AvgIpc) is 3.10. The summed E-state index contributed by atoms with van der Waals surface area (Å²) >= 11 is 3.32. The van der Waals surface area contributed by atoms with Gasteiger partial charge >= 0.3 is 0 Å². The van der Waals surface area contributed by atoms with Crippen LogP contribution in [0, 0.1) is 6.92 Å². The standard InChI is InChI=1S/C23H21N3OS2/c1-14-24-22(21-18-8-4-5-9-19(18)29-23(21)25-14)28-13-20(27)26-17-11-10-15-6-2-3-7-16(15)12-17/h2-3,6-7,10-12H,4-5,8-9,13H2,1H3,(H,26,27). The summed E-state index contributed by atoms with van der Waals surface area (Å²) in [6.45, 7) is 1.93. The Balaban J connectivity index is 1.35. The number of thiophene rings is 1. The van der Waals surface area contributed by atoms with E-state index in [1.807, 2.05) is 37.3 Å². The molecule has 2 aromatic carbocycles. The van der Waals surface area contributed by atoms with Crippen molar-refractivity contribution in [1.82, 2.24) is 9.97 Å². The Bertz CT molecular complexity index is 1230. The Morgan fingerprint density at radius 3 is 2.83 bits per heavy atom. The lowest BCUT2D eigenvalue weighted by atomic mass is 9.97. The highest BCUT2D eigenvalue weighted by Gasteiger charge is 2.21. The quantitative estimate of drug-likeness (QED) is 0.337. The molecule has 0 atom stereocenters. The molecule has 0 saturated heterocycles. The van der Waals surface area contributed by atoms with Gasteiger partial charge in [0, 0.05) is 16.0 Å². The van der Waals surface area contributed by atoms with Crippen molar-refractivity contribution in [2.75, 3.05) is 11.1 Å². The highest BCUT2D eigenvalue weighted by atomic mass is 32.2. The number of aromatic nitrogens is 2. The summed E-state index contributed by atoms with van der Waals surface area (Å²) in [5.41, 5.74) is 2.24. The summed E-state index contributed by atoms with van der Waals surface area (Å²) in [6.07, 6.45) is 4.71. The summed E-state index contributed by atoms with van der Waals surface area (Å²) < 4.78 is 0. The van der Waals surface area contributed by atoms with Crippen LogP contribution in [-0.4, -0.2) is 21.6 Å². The molecule has 1 amide bonds. The van der Waals surface area contributed by atoms with E-state index >= 15 is 0 Å². The number of hydrogen-bond acceptors (Lipinski definition) is 5. The predicted octanol–water partition coefficient (Wildman–Crippen LogP) is 5.76. The third-order valence-corrected chi connectivity index (χ3v) is 7.43. The fourth-order valence-corrected chi connectivity index (χ4v) is 6.20. The third kappa shape index (κ3) is 3.74. The number of nitrogens with zero attached hydrogens (tertiary/aromatic N) is 2. The van der Waals surface area contributed by atoms with Gasteiger partial charge in [-0.05, 0) is 61.1 Å². The second-order valence-electron chi connectivity index (χ2n) is 7.37. The SMILES string of the molecule is Cc1nc(SCC(=O)Nc2ccc3ccccc3c2)c2c3c(sc2n1)CCCC3. The molecular weight excluding hydrogens is 398 g/mol. The summed E-state index contributed by atoms with van der Waals surface area (Å²) in [5, 5.41) is 7.44. The minimum atomic E-state index is -0.0150. The molecule has 0 spiro atoms. The lowest BCUT2D eigenvalue weighted by Gasteiger charge is -2.12. The summed E-state index contributed by atoms with van der Waals surface area (Å²) in [4.78, 5) is 24.5. The Kier molecular flexibility index (Phi) is 4.97. The van der Waals surface area contributed by atoms with Gasteiger partial charge in [-0.15, -0.1) is 11.3 Å². The second-order valence-corrected chi connectivity index (χ2v) is 9.41. The van der Waals surface area contributed by atoms with Crippen LogP contribution in [0.4, 0.5) is 5.69 Å².